The van der Waals surface area contributed by atoms with Crippen LogP contribution in [0.15, 0.2) is 42.5 Å². The average Bonchev–Trinajstić information content (AvgIpc) is 2.89. The molecule has 0 fully saturated rings. The summed E-state index contributed by atoms with van der Waals surface area (Å²) in [5.41, 5.74) is 3.18. The van der Waals surface area contributed by atoms with E-state index in [4.69, 9.17) is 9.94 Å². The summed E-state index contributed by atoms with van der Waals surface area (Å²) in [6.07, 6.45) is 2.04. The minimum Gasteiger partial charge on any atom is -0.465 e. The third kappa shape index (κ3) is 3.32. The fourth-order valence-electron chi connectivity index (χ4n) is 1.77. The molecule has 1 aliphatic heterocycles. The molecule has 1 aromatic carbocycles. The molecule has 2 amide bonds. The molecular formula is C13H14N2O4. The summed E-state index contributed by atoms with van der Waals surface area (Å²) in [7, 11) is 0. The molecule has 19 heavy (non-hydrogen) atoms. The molecule has 6 heteroatoms. The highest BCUT2D eigenvalue weighted by molar-refractivity contribution is 5.87. The maximum atomic E-state index is 11.8. The summed E-state index contributed by atoms with van der Waals surface area (Å²) in [5.74, 6) is -0.493. The first-order valence-corrected chi connectivity index (χ1v) is 5.80. The van der Waals surface area contributed by atoms with E-state index in [0.29, 0.717) is 0 Å². The lowest BCUT2D eigenvalue weighted by Gasteiger charge is -2.20. The highest BCUT2D eigenvalue weighted by atomic mass is 16.6. The number of carboxylic acid groups (broad SMARTS) is 1. The first-order valence-electron chi connectivity index (χ1n) is 5.80. The van der Waals surface area contributed by atoms with Gasteiger partial charge in [-0.15, -0.1) is 0 Å². The second kappa shape index (κ2) is 6.01. The van der Waals surface area contributed by atoms with E-state index in [9.17, 15) is 9.59 Å². The Labute approximate surface area is 110 Å². The number of rotatable bonds is 4. The SMILES string of the molecule is O=C(NOCc1ccccc1)C1C=CCN1C(=O)O. The molecule has 0 saturated carbocycles. The van der Waals surface area contributed by atoms with E-state index in [2.05, 4.69) is 5.48 Å². The minimum atomic E-state index is -1.13. The third-order valence-electron chi connectivity index (χ3n) is 2.73. The fourth-order valence-corrected chi connectivity index (χ4v) is 1.77. The number of hydrogen-bond donors (Lipinski definition) is 2. The highest BCUT2D eigenvalue weighted by Crippen LogP contribution is 2.10. The number of carbonyl (C=O) groups is 2. The number of benzene rings is 1. The van der Waals surface area contributed by atoms with Crippen LogP contribution in [-0.2, 0) is 16.2 Å². The van der Waals surface area contributed by atoms with Gasteiger partial charge in [0.2, 0.25) is 0 Å². The molecule has 1 aromatic rings. The normalized spacial score (nSPS) is 17.5. The predicted molar refractivity (Wildman–Crippen MR) is 67.0 cm³/mol. The fraction of sp³-hybridized carbons (Fsp3) is 0.231. The number of nitrogens with one attached hydrogen (secondary N) is 1. The van der Waals surface area contributed by atoms with E-state index in [1.165, 1.54) is 6.08 Å². The molecule has 0 spiro atoms. The second-order valence-electron chi connectivity index (χ2n) is 4.05. The van der Waals surface area contributed by atoms with Gasteiger partial charge in [0.05, 0.1) is 6.61 Å². The zero-order chi connectivity index (χ0) is 13.7. The van der Waals surface area contributed by atoms with Crippen LogP contribution >= 0.6 is 0 Å². The van der Waals surface area contributed by atoms with Gasteiger partial charge in [0.15, 0.2) is 0 Å². The van der Waals surface area contributed by atoms with Gasteiger partial charge < -0.3 is 5.11 Å². The Morgan fingerprint density at radius 3 is 2.79 bits per heavy atom. The maximum absolute atomic E-state index is 11.8. The predicted octanol–water partition coefficient (Wildman–Crippen LogP) is 1.15. The molecule has 0 bridgehead atoms. The van der Waals surface area contributed by atoms with Crippen LogP contribution in [0, 0.1) is 0 Å². The van der Waals surface area contributed by atoms with Gasteiger partial charge >= 0.3 is 6.09 Å². The molecule has 0 aromatic heterocycles. The standard InChI is InChI=1S/C13H14N2O4/c16-12(11-7-4-8-15(11)13(17)18)14-19-9-10-5-2-1-3-6-10/h1-7,11H,8-9H2,(H,14,16)(H,17,18). The minimum absolute atomic E-state index is 0.214. The summed E-state index contributed by atoms with van der Waals surface area (Å²) in [4.78, 5) is 28.7. The first-order chi connectivity index (χ1) is 9.18. The van der Waals surface area contributed by atoms with Gasteiger partial charge in [-0.3, -0.25) is 14.5 Å². The Balaban J connectivity index is 1.81. The Morgan fingerprint density at radius 1 is 1.37 bits per heavy atom. The lowest BCUT2D eigenvalue weighted by atomic mass is 10.2. The van der Waals surface area contributed by atoms with Gasteiger partial charge in [0.1, 0.15) is 6.04 Å². The Bertz CT molecular complexity index is 487. The van der Waals surface area contributed by atoms with Crippen molar-refractivity contribution in [2.75, 3.05) is 6.54 Å². The van der Waals surface area contributed by atoms with Gasteiger partial charge in [0, 0.05) is 6.54 Å². The van der Waals surface area contributed by atoms with Crippen LogP contribution in [0.2, 0.25) is 0 Å². The molecule has 1 aliphatic rings. The summed E-state index contributed by atoms with van der Waals surface area (Å²) in [6, 6.07) is 8.53. The Hall–Kier alpha value is -2.34. The van der Waals surface area contributed by atoms with Crippen molar-refractivity contribution < 1.29 is 19.5 Å². The van der Waals surface area contributed by atoms with Crippen molar-refractivity contribution in [2.24, 2.45) is 0 Å². The quantitative estimate of drug-likeness (QED) is 0.630. The van der Waals surface area contributed by atoms with E-state index in [1.807, 2.05) is 30.3 Å². The molecule has 0 saturated heterocycles. The molecule has 2 N–H and O–H groups in total. The van der Waals surface area contributed by atoms with Gasteiger partial charge in [0.25, 0.3) is 5.91 Å². The number of carbonyl (C=O) groups excluding carboxylic acids is 1. The molecule has 1 heterocycles. The van der Waals surface area contributed by atoms with E-state index >= 15 is 0 Å². The zero-order valence-corrected chi connectivity index (χ0v) is 10.2. The lowest BCUT2D eigenvalue weighted by molar-refractivity contribution is -0.137. The van der Waals surface area contributed by atoms with Crippen molar-refractivity contribution in [3.63, 3.8) is 0 Å². The third-order valence-corrected chi connectivity index (χ3v) is 2.73. The van der Waals surface area contributed by atoms with E-state index in [0.717, 1.165) is 10.5 Å². The smallest absolute Gasteiger partial charge is 0.408 e. The molecule has 2 rings (SSSR count). The largest absolute Gasteiger partial charge is 0.465 e. The van der Waals surface area contributed by atoms with Gasteiger partial charge in [-0.2, -0.15) is 0 Å². The van der Waals surface area contributed by atoms with Crippen molar-refractivity contribution >= 4 is 12.0 Å². The molecular weight excluding hydrogens is 248 g/mol. The van der Waals surface area contributed by atoms with Crippen LogP contribution in [0.3, 0.4) is 0 Å². The molecule has 0 aliphatic carbocycles. The monoisotopic (exact) mass is 262 g/mol. The number of nitrogens with zero attached hydrogens (tertiary/aromatic N) is 1. The van der Waals surface area contributed by atoms with Crippen molar-refractivity contribution in [3.8, 4) is 0 Å². The number of hydrogen-bond acceptors (Lipinski definition) is 3. The highest BCUT2D eigenvalue weighted by Gasteiger charge is 2.30. The van der Waals surface area contributed by atoms with Crippen molar-refractivity contribution in [1.29, 1.82) is 0 Å². The van der Waals surface area contributed by atoms with Crippen molar-refractivity contribution in [2.45, 2.75) is 12.6 Å². The van der Waals surface area contributed by atoms with Crippen LogP contribution in [0.4, 0.5) is 4.79 Å². The van der Waals surface area contributed by atoms with Gasteiger partial charge in [-0.1, -0.05) is 42.5 Å². The van der Waals surface area contributed by atoms with E-state index in [-0.39, 0.29) is 13.2 Å². The van der Waals surface area contributed by atoms with Crippen LogP contribution < -0.4 is 5.48 Å². The Morgan fingerprint density at radius 2 is 2.11 bits per heavy atom. The summed E-state index contributed by atoms with van der Waals surface area (Å²) in [5, 5.41) is 8.90. The van der Waals surface area contributed by atoms with Crippen LogP contribution in [0.25, 0.3) is 0 Å². The summed E-state index contributed by atoms with van der Waals surface area (Å²) >= 11 is 0. The number of amides is 2. The second-order valence-corrected chi connectivity index (χ2v) is 4.05. The maximum Gasteiger partial charge on any atom is 0.408 e. The first kappa shape index (κ1) is 13.1. The average molecular weight is 262 g/mol. The lowest BCUT2D eigenvalue weighted by Crippen LogP contribution is -2.45. The zero-order valence-electron chi connectivity index (χ0n) is 10.2. The van der Waals surface area contributed by atoms with Crippen LogP contribution in [-0.4, -0.2) is 34.6 Å². The van der Waals surface area contributed by atoms with Crippen LogP contribution in [0.1, 0.15) is 5.56 Å². The van der Waals surface area contributed by atoms with E-state index in [1.54, 1.807) is 6.08 Å². The van der Waals surface area contributed by atoms with Gasteiger partial charge in [-0.05, 0) is 5.56 Å². The summed E-state index contributed by atoms with van der Waals surface area (Å²) in [6.45, 7) is 0.447. The molecule has 100 valence electrons. The molecule has 1 atom stereocenters. The van der Waals surface area contributed by atoms with Crippen LogP contribution in [0.5, 0.6) is 0 Å². The molecule has 1 unspecified atom stereocenters. The van der Waals surface area contributed by atoms with Crippen molar-refractivity contribution in [3.05, 3.63) is 48.0 Å². The van der Waals surface area contributed by atoms with Gasteiger partial charge in [-0.25, -0.2) is 10.3 Å². The van der Waals surface area contributed by atoms with Crippen molar-refractivity contribution in [1.82, 2.24) is 10.4 Å². The van der Waals surface area contributed by atoms with E-state index < -0.39 is 18.0 Å². The Kier molecular flexibility index (Phi) is 4.15. The molecule has 6 nitrogen and oxygen atoms in total. The summed E-state index contributed by atoms with van der Waals surface area (Å²) < 4.78 is 0. The topological polar surface area (TPSA) is 78.9 Å². The molecule has 0 radical (unpaired) electrons. The number of hydroxylamine groups is 1.